The number of anilines is 3. The number of pyridine rings is 1. The molecule has 6 heteroatoms. The molecule has 2 saturated carbocycles. The molecule has 36 heavy (non-hydrogen) atoms. The van der Waals surface area contributed by atoms with Crippen molar-refractivity contribution in [3.05, 3.63) is 52.9 Å². The topological polar surface area (TPSA) is 63.1 Å². The average Bonchev–Trinajstić information content (AvgIpc) is 2.94. The van der Waals surface area contributed by atoms with Crippen molar-refractivity contribution in [2.45, 2.75) is 83.1 Å². The Morgan fingerprint density at radius 2 is 1.44 bits per heavy atom. The molecule has 2 aromatic heterocycles. The van der Waals surface area contributed by atoms with E-state index in [1.807, 2.05) is 16.8 Å². The SMILES string of the molecule is O=c1ccc2cnc(Nc3ccc(N4CCCCC4)cc3)nc2n1C1CCC(C2CCCCC2)CC1. The molecule has 0 amide bonds. The zero-order chi connectivity index (χ0) is 24.3. The number of piperidine rings is 1. The van der Waals surface area contributed by atoms with Crippen molar-refractivity contribution in [3.63, 3.8) is 0 Å². The first-order valence-electron chi connectivity index (χ1n) is 14.2. The Morgan fingerprint density at radius 3 is 2.19 bits per heavy atom. The number of hydrogen-bond acceptors (Lipinski definition) is 5. The molecule has 3 aliphatic rings. The van der Waals surface area contributed by atoms with Crippen LogP contribution in [0.5, 0.6) is 0 Å². The molecular weight excluding hydrogens is 446 g/mol. The lowest BCUT2D eigenvalue weighted by atomic mass is 9.72. The van der Waals surface area contributed by atoms with Gasteiger partial charge >= 0.3 is 0 Å². The Balaban J connectivity index is 1.19. The van der Waals surface area contributed by atoms with E-state index in [0.717, 1.165) is 54.5 Å². The standard InChI is InChI=1S/C30H39N5O/c36-28-18-11-24-21-31-30(32-25-12-16-26(17-13-25)34-19-5-2-6-20-34)33-29(24)35(28)27-14-9-23(10-15-27)22-7-3-1-4-8-22/h11-13,16-18,21-23,27H,1-10,14-15,19-20H2,(H,31,32,33). The average molecular weight is 486 g/mol. The summed E-state index contributed by atoms with van der Waals surface area (Å²) in [4.78, 5) is 24.9. The first-order valence-corrected chi connectivity index (χ1v) is 14.2. The monoisotopic (exact) mass is 485 g/mol. The molecule has 1 aliphatic heterocycles. The predicted octanol–water partition coefficient (Wildman–Crippen LogP) is 6.84. The Hall–Kier alpha value is -2.89. The van der Waals surface area contributed by atoms with Gasteiger partial charge in [-0.05, 0) is 87.1 Å². The maximum atomic E-state index is 13.1. The van der Waals surface area contributed by atoms with E-state index in [0.29, 0.717) is 5.95 Å². The van der Waals surface area contributed by atoms with Crippen LogP contribution in [-0.2, 0) is 0 Å². The minimum atomic E-state index is 0.0548. The second-order valence-corrected chi connectivity index (χ2v) is 11.2. The Morgan fingerprint density at radius 1 is 0.750 bits per heavy atom. The van der Waals surface area contributed by atoms with Gasteiger partial charge in [-0.2, -0.15) is 4.98 Å². The van der Waals surface area contributed by atoms with Crippen LogP contribution in [0.2, 0.25) is 0 Å². The Labute approximate surface area is 214 Å². The number of fused-ring (bicyclic) bond motifs is 1. The van der Waals surface area contributed by atoms with Crippen LogP contribution in [0.25, 0.3) is 11.0 Å². The van der Waals surface area contributed by atoms with Crippen LogP contribution < -0.4 is 15.8 Å². The quantitative estimate of drug-likeness (QED) is 0.429. The lowest BCUT2D eigenvalue weighted by Gasteiger charge is -2.36. The maximum Gasteiger partial charge on any atom is 0.252 e. The summed E-state index contributed by atoms with van der Waals surface area (Å²) in [5.41, 5.74) is 3.05. The number of nitrogens with zero attached hydrogens (tertiary/aromatic N) is 4. The molecule has 3 heterocycles. The summed E-state index contributed by atoms with van der Waals surface area (Å²) < 4.78 is 1.96. The lowest BCUT2D eigenvalue weighted by molar-refractivity contribution is 0.169. The van der Waals surface area contributed by atoms with Crippen molar-refractivity contribution in [2.75, 3.05) is 23.3 Å². The fraction of sp³-hybridized carbons (Fsp3) is 0.567. The molecule has 0 atom stereocenters. The first-order chi connectivity index (χ1) is 17.7. The van der Waals surface area contributed by atoms with Gasteiger partial charge in [-0.25, -0.2) is 4.98 Å². The maximum absolute atomic E-state index is 13.1. The number of benzene rings is 1. The fourth-order valence-corrected chi connectivity index (χ4v) is 6.93. The normalized spacial score (nSPS) is 23.6. The first kappa shape index (κ1) is 23.5. The predicted molar refractivity (Wildman–Crippen MR) is 147 cm³/mol. The molecule has 3 fully saturated rings. The van der Waals surface area contributed by atoms with E-state index in [1.54, 1.807) is 6.07 Å². The molecule has 0 unspecified atom stereocenters. The number of nitrogens with one attached hydrogen (secondary N) is 1. The largest absolute Gasteiger partial charge is 0.372 e. The minimum absolute atomic E-state index is 0.0548. The molecule has 0 bridgehead atoms. The molecule has 1 N–H and O–H groups in total. The van der Waals surface area contributed by atoms with Crippen molar-refractivity contribution in [3.8, 4) is 0 Å². The van der Waals surface area contributed by atoms with Crippen molar-refractivity contribution in [1.82, 2.24) is 14.5 Å². The minimum Gasteiger partial charge on any atom is -0.372 e. The number of hydrogen-bond donors (Lipinski definition) is 1. The molecule has 3 aromatic rings. The van der Waals surface area contributed by atoms with Gasteiger partial charge in [0.25, 0.3) is 5.56 Å². The van der Waals surface area contributed by atoms with E-state index in [4.69, 9.17) is 4.98 Å². The van der Waals surface area contributed by atoms with Gasteiger partial charge < -0.3 is 10.2 Å². The number of rotatable bonds is 5. The van der Waals surface area contributed by atoms with Crippen LogP contribution >= 0.6 is 0 Å². The Bertz CT molecular complexity index is 1220. The summed E-state index contributed by atoms with van der Waals surface area (Å²) in [6, 6.07) is 12.3. The lowest BCUT2D eigenvalue weighted by Crippen LogP contribution is -2.30. The molecular formula is C30H39N5O. The van der Waals surface area contributed by atoms with E-state index >= 15 is 0 Å². The summed E-state index contributed by atoms with van der Waals surface area (Å²) in [5, 5.41) is 4.30. The molecule has 1 aromatic carbocycles. The summed E-state index contributed by atoms with van der Waals surface area (Å²) in [6.07, 6.45) is 17.4. The Kier molecular flexibility index (Phi) is 6.93. The summed E-state index contributed by atoms with van der Waals surface area (Å²) in [6.45, 7) is 2.28. The van der Waals surface area contributed by atoms with Crippen LogP contribution in [0.4, 0.5) is 17.3 Å². The van der Waals surface area contributed by atoms with Gasteiger partial charge in [-0.3, -0.25) is 9.36 Å². The van der Waals surface area contributed by atoms with Crippen LogP contribution in [-0.4, -0.2) is 27.6 Å². The molecule has 190 valence electrons. The van der Waals surface area contributed by atoms with E-state index in [1.165, 1.54) is 69.9 Å². The van der Waals surface area contributed by atoms with Gasteiger partial charge in [0.05, 0.1) is 0 Å². The van der Waals surface area contributed by atoms with Crippen LogP contribution in [0, 0.1) is 11.8 Å². The van der Waals surface area contributed by atoms with Gasteiger partial charge in [0.15, 0.2) is 0 Å². The van der Waals surface area contributed by atoms with Crippen molar-refractivity contribution < 1.29 is 0 Å². The van der Waals surface area contributed by atoms with Gasteiger partial charge in [0, 0.05) is 48.2 Å². The van der Waals surface area contributed by atoms with E-state index in [9.17, 15) is 4.79 Å². The van der Waals surface area contributed by atoms with Crippen molar-refractivity contribution >= 4 is 28.4 Å². The third-order valence-corrected chi connectivity index (χ3v) is 8.93. The summed E-state index contributed by atoms with van der Waals surface area (Å²) in [7, 11) is 0. The fourth-order valence-electron chi connectivity index (χ4n) is 6.93. The highest BCUT2D eigenvalue weighted by molar-refractivity contribution is 5.76. The van der Waals surface area contributed by atoms with Crippen molar-refractivity contribution in [2.24, 2.45) is 11.8 Å². The second-order valence-electron chi connectivity index (χ2n) is 11.2. The molecule has 2 aliphatic carbocycles. The van der Waals surface area contributed by atoms with Crippen LogP contribution in [0.15, 0.2) is 47.4 Å². The molecule has 0 radical (unpaired) electrons. The highest BCUT2D eigenvalue weighted by Gasteiger charge is 2.30. The third kappa shape index (κ3) is 5.00. The van der Waals surface area contributed by atoms with E-state index in [2.05, 4.69) is 39.5 Å². The van der Waals surface area contributed by atoms with Crippen LogP contribution in [0.1, 0.15) is 83.1 Å². The molecule has 6 nitrogen and oxygen atoms in total. The van der Waals surface area contributed by atoms with E-state index in [-0.39, 0.29) is 11.6 Å². The molecule has 0 spiro atoms. The highest BCUT2D eigenvalue weighted by atomic mass is 16.1. The number of aromatic nitrogens is 3. The van der Waals surface area contributed by atoms with Gasteiger partial charge in [-0.15, -0.1) is 0 Å². The van der Waals surface area contributed by atoms with Crippen LogP contribution in [0.3, 0.4) is 0 Å². The molecule has 6 rings (SSSR count). The third-order valence-electron chi connectivity index (χ3n) is 8.93. The highest BCUT2D eigenvalue weighted by Crippen LogP contribution is 2.41. The van der Waals surface area contributed by atoms with Crippen molar-refractivity contribution in [1.29, 1.82) is 0 Å². The smallest absolute Gasteiger partial charge is 0.252 e. The zero-order valence-electron chi connectivity index (χ0n) is 21.4. The molecule has 1 saturated heterocycles. The van der Waals surface area contributed by atoms with Gasteiger partial charge in [0.2, 0.25) is 5.95 Å². The van der Waals surface area contributed by atoms with E-state index < -0.39 is 0 Å². The van der Waals surface area contributed by atoms with Gasteiger partial charge in [-0.1, -0.05) is 32.1 Å². The summed E-state index contributed by atoms with van der Waals surface area (Å²) >= 11 is 0. The van der Waals surface area contributed by atoms with Gasteiger partial charge in [0.1, 0.15) is 5.65 Å². The zero-order valence-corrected chi connectivity index (χ0v) is 21.4. The summed E-state index contributed by atoms with van der Waals surface area (Å²) in [5.74, 6) is 2.29. The second kappa shape index (κ2) is 10.6.